The SMILES string of the molecule is CCCCCCN(CCC(=O)OC)C(=O)c1ccccc1F. The largest absolute Gasteiger partial charge is 0.469 e. The highest BCUT2D eigenvalue weighted by molar-refractivity contribution is 5.94. The molecule has 0 spiro atoms. The van der Waals surface area contributed by atoms with E-state index < -0.39 is 5.82 Å². The molecule has 1 amide bonds. The third-order valence-corrected chi connectivity index (χ3v) is 3.49. The lowest BCUT2D eigenvalue weighted by Crippen LogP contribution is -2.34. The van der Waals surface area contributed by atoms with Crippen LogP contribution in [0.1, 0.15) is 49.4 Å². The van der Waals surface area contributed by atoms with Gasteiger partial charge in [0.1, 0.15) is 5.82 Å². The normalized spacial score (nSPS) is 10.3. The maximum Gasteiger partial charge on any atom is 0.307 e. The van der Waals surface area contributed by atoms with Gasteiger partial charge in [-0.2, -0.15) is 0 Å². The lowest BCUT2D eigenvalue weighted by Gasteiger charge is -2.22. The van der Waals surface area contributed by atoms with Crippen molar-refractivity contribution in [1.29, 1.82) is 0 Å². The van der Waals surface area contributed by atoms with Crippen LogP contribution in [0.5, 0.6) is 0 Å². The summed E-state index contributed by atoms with van der Waals surface area (Å²) in [6, 6.07) is 5.91. The van der Waals surface area contributed by atoms with Gasteiger partial charge in [0.15, 0.2) is 0 Å². The molecule has 0 unspecified atom stereocenters. The molecule has 0 N–H and O–H groups in total. The molecule has 0 saturated carbocycles. The van der Waals surface area contributed by atoms with Gasteiger partial charge < -0.3 is 9.64 Å². The van der Waals surface area contributed by atoms with E-state index in [1.54, 1.807) is 12.1 Å². The number of carbonyl (C=O) groups is 2. The highest BCUT2D eigenvalue weighted by Gasteiger charge is 2.19. The van der Waals surface area contributed by atoms with Crippen molar-refractivity contribution in [2.45, 2.75) is 39.0 Å². The minimum absolute atomic E-state index is 0.0443. The second-order valence-corrected chi connectivity index (χ2v) is 5.16. The summed E-state index contributed by atoms with van der Waals surface area (Å²) in [4.78, 5) is 25.3. The number of rotatable bonds is 9. The summed E-state index contributed by atoms with van der Waals surface area (Å²) < 4.78 is 18.4. The highest BCUT2D eigenvalue weighted by atomic mass is 19.1. The summed E-state index contributed by atoms with van der Waals surface area (Å²) in [6.45, 7) is 2.87. The van der Waals surface area contributed by atoms with Gasteiger partial charge in [0, 0.05) is 13.1 Å². The third kappa shape index (κ3) is 5.84. The predicted octanol–water partition coefficient (Wildman–Crippen LogP) is 3.41. The van der Waals surface area contributed by atoms with Crippen molar-refractivity contribution in [1.82, 2.24) is 4.90 Å². The zero-order valence-corrected chi connectivity index (χ0v) is 13.3. The van der Waals surface area contributed by atoms with Gasteiger partial charge in [-0.25, -0.2) is 4.39 Å². The van der Waals surface area contributed by atoms with Gasteiger partial charge in [-0.3, -0.25) is 9.59 Å². The Morgan fingerprint density at radius 3 is 2.50 bits per heavy atom. The number of unbranched alkanes of at least 4 members (excludes halogenated alkanes) is 3. The first-order valence-corrected chi connectivity index (χ1v) is 7.70. The minimum atomic E-state index is -0.538. The highest BCUT2D eigenvalue weighted by Crippen LogP contribution is 2.12. The molecule has 0 bridgehead atoms. The molecule has 122 valence electrons. The Morgan fingerprint density at radius 2 is 1.86 bits per heavy atom. The Morgan fingerprint density at radius 1 is 1.14 bits per heavy atom. The number of esters is 1. The molecule has 0 aliphatic heterocycles. The van der Waals surface area contributed by atoms with Crippen LogP contribution in [-0.4, -0.2) is 37.0 Å². The molecular weight excluding hydrogens is 285 g/mol. The van der Waals surface area contributed by atoms with Crippen molar-refractivity contribution < 1.29 is 18.7 Å². The number of halogens is 1. The van der Waals surface area contributed by atoms with Crippen molar-refractivity contribution in [3.05, 3.63) is 35.6 Å². The number of methoxy groups -OCH3 is 1. The number of carbonyl (C=O) groups excluding carboxylic acids is 2. The van der Waals surface area contributed by atoms with E-state index in [0.717, 1.165) is 25.7 Å². The first kappa shape index (κ1) is 18.1. The van der Waals surface area contributed by atoms with Crippen molar-refractivity contribution in [2.75, 3.05) is 20.2 Å². The number of benzene rings is 1. The van der Waals surface area contributed by atoms with E-state index in [9.17, 15) is 14.0 Å². The Bertz CT molecular complexity index is 491. The van der Waals surface area contributed by atoms with Crippen molar-refractivity contribution in [3.63, 3.8) is 0 Å². The van der Waals surface area contributed by atoms with Gasteiger partial charge in [0.2, 0.25) is 0 Å². The molecule has 5 heteroatoms. The molecule has 0 aliphatic rings. The van der Waals surface area contributed by atoms with Crippen LogP contribution in [0.3, 0.4) is 0 Å². The van der Waals surface area contributed by atoms with Gasteiger partial charge in [0.05, 0.1) is 19.1 Å². The molecule has 0 aliphatic carbocycles. The quantitative estimate of drug-likeness (QED) is 0.519. The summed E-state index contributed by atoms with van der Waals surface area (Å²) >= 11 is 0. The summed E-state index contributed by atoms with van der Waals surface area (Å²) in [6.07, 6.45) is 4.16. The number of amides is 1. The number of hydrogen-bond donors (Lipinski definition) is 0. The number of ether oxygens (including phenoxy) is 1. The van der Waals surface area contributed by atoms with Crippen molar-refractivity contribution >= 4 is 11.9 Å². The Hall–Kier alpha value is -1.91. The van der Waals surface area contributed by atoms with Crippen LogP contribution in [0.15, 0.2) is 24.3 Å². The molecule has 22 heavy (non-hydrogen) atoms. The predicted molar refractivity (Wildman–Crippen MR) is 83.1 cm³/mol. The Labute approximate surface area is 131 Å². The number of hydrogen-bond acceptors (Lipinski definition) is 3. The van der Waals surface area contributed by atoms with Gasteiger partial charge >= 0.3 is 5.97 Å². The van der Waals surface area contributed by atoms with Crippen LogP contribution >= 0.6 is 0 Å². The fourth-order valence-corrected chi connectivity index (χ4v) is 2.18. The van der Waals surface area contributed by atoms with Gasteiger partial charge in [-0.05, 0) is 18.6 Å². The minimum Gasteiger partial charge on any atom is -0.469 e. The summed E-state index contributed by atoms with van der Waals surface area (Å²) in [5.41, 5.74) is 0.0443. The van der Waals surface area contributed by atoms with E-state index in [2.05, 4.69) is 11.7 Å². The van der Waals surface area contributed by atoms with Crippen LogP contribution in [0.4, 0.5) is 4.39 Å². The molecule has 0 heterocycles. The summed E-state index contributed by atoms with van der Waals surface area (Å²) in [5, 5.41) is 0. The van der Waals surface area contributed by atoms with Gasteiger partial charge in [-0.15, -0.1) is 0 Å². The number of nitrogens with zero attached hydrogens (tertiary/aromatic N) is 1. The van der Waals surface area contributed by atoms with E-state index in [0.29, 0.717) is 6.54 Å². The lowest BCUT2D eigenvalue weighted by molar-refractivity contribution is -0.140. The summed E-state index contributed by atoms with van der Waals surface area (Å²) in [5.74, 6) is -1.29. The average Bonchev–Trinajstić information content (AvgIpc) is 2.53. The lowest BCUT2D eigenvalue weighted by atomic mass is 10.1. The average molecular weight is 309 g/mol. The van der Waals surface area contributed by atoms with Gasteiger partial charge in [0.25, 0.3) is 5.91 Å². The van der Waals surface area contributed by atoms with Crippen LogP contribution in [-0.2, 0) is 9.53 Å². The zero-order valence-electron chi connectivity index (χ0n) is 13.3. The van der Waals surface area contributed by atoms with Crippen LogP contribution in [0.25, 0.3) is 0 Å². The fraction of sp³-hybridized carbons (Fsp3) is 0.529. The maximum atomic E-state index is 13.8. The monoisotopic (exact) mass is 309 g/mol. The molecule has 1 rings (SSSR count). The molecule has 0 fully saturated rings. The smallest absolute Gasteiger partial charge is 0.307 e. The van der Waals surface area contributed by atoms with E-state index in [-0.39, 0.29) is 30.4 Å². The second kappa shape index (κ2) is 9.92. The molecule has 1 aromatic carbocycles. The molecule has 0 saturated heterocycles. The van der Waals surface area contributed by atoms with E-state index in [1.165, 1.54) is 24.1 Å². The maximum absolute atomic E-state index is 13.8. The molecule has 1 aromatic rings. The van der Waals surface area contributed by atoms with Gasteiger partial charge in [-0.1, -0.05) is 38.3 Å². The van der Waals surface area contributed by atoms with Crippen molar-refractivity contribution in [2.24, 2.45) is 0 Å². The topological polar surface area (TPSA) is 46.6 Å². The second-order valence-electron chi connectivity index (χ2n) is 5.16. The first-order chi connectivity index (χ1) is 10.6. The standard InChI is InChI=1S/C17H24FNO3/c1-3-4-5-8-12-19(13-11-16(20)22-2)17(21)14-9-6-7-10-15(14)18/h6-7,9-10H,3-5,8,11-13H2,1-2H3. The zero-order chi connectivity index (χ0) is 16.4. The molecular formula is C17H24FNO3. The van der Waals surface area contributed by atoms with Crippen LogP contribution in [0.2, 0.25) is 0 Å². The summed E-state index contributed by atoms with van der Waals surface area (Å²) in [7, 11) is 1.31. The Kier molecular flexibility index (Phi) is 8.18. The van der Waals surface area contributed by atoms with Crippen LogP contribution < -0.4 is 0 Å². The van der Waals surface area contributed by atoms with E-state index in [4.69, 9.17) is 0 Å². The fourth-order valence-electron chi connectivity index (χ4n) is 2.18. The third-order valence-electron chi connectivity index (χ3n) is 3.49. The van der Waals surface area contributed by atoms with E-state index >= 15 is 0 Å². The molecule has 0 atom stereocenters. The molecule has 0 aromatic heterocycles. The first-order valence-electron chi connectivity index (χ1n) is 7.70. The molecule has 4 nitrogen and oxygen atoms in total. The van der Waals surface area contributed by atoms with Crippen LogP contribution in [0, 0.1) is 5.82 Å². The Balaban J connectivity index is 2.72. The van der Waals surface area contributed by atoms with E-state index in [1.807, 2.05) is 0 Å². The van der Waals surface area contributed by atoms with Crippen molar-refractivity contribution in [3.8, 4) is 0 Å². The molecule has 0 radical (unpaired) electrons.